The monoisotopic (exact) mass is 387 g/mol. The van der Waals surface area contributed by atoms with Crippen molar-refractivity contribution in [3.05, 3.63) is 64.1 Å². The summed E-state index contributed by atoms with van der Waals surface area (Å²) in [5.41, 5.74) is -0.618. The quantitative estimate of drug-likeness (QED) is 0.777. The lowest BCUT2D eigenvalue weighted by Crippen LogP contribution is -2.28. The molecule has 2 aromatic rings. The van der Waals surface area contributed by atoms with Gasteiger partial charge in [-0.15, -0.1) is 0 Å². The molecule has 0 atom stereocenters. The highest BCUT2D eigenvalue weighted by atomic mass is 79.9. The van der Waals surface area contributed by atoms with Crippen LogP contribution in [0.2, 0.25) is 0 Å². The molecule has 7 heteroatoms. The number of amides is 1. The van der Waals surface area contributed by atoms with Crippen LogP contribution in [0, 0.1) is 0 Å². The number of hydrogen-bond donors (Lipinski definition) is 1. The number of benzene rings is 2. The Morgan fingerprint density at radius 1 is 1.13 bits per heavy atom. The number of ether oxygens (including phenoxy) is 1. The zero-order valence-electron chi connectivity index (χ0n) is 11.9. The van der Waals surface area contributed by atoms with E-state index >= 15 is 0 Å². The number of carbonyl (C=O) groups is 1. The van der Waals surface area contributed by atoms with Gasteiger partial charge < -0.3 is 10.1 Å². The molecule has 122 valence electrons. The van der Waals surface area contributed by atoms with Crippen molar-refractivity contribution in [3.63, 3.8) is 0 Å². The SMILES string of the molecule is O=C(NCCOc1cccc(Br)c1)c1ccc(C(F)(F)F)cc1. The Balaban J connectivity index is 1.81. The highest BCUT2D eigenvalue weighted by molar-refractivity contribution is 9.10. The van der Waals surface area contributed by atoms with E-state index < -0.39 is 17.6 Å². The van der Waals surface area contributed by atoms with Gasteiger partial charge in [0.05, 0.1) is 12.1 Å². The third-order valence-electron chi connectivity index (χ3n) is 2.93. The number of hydrogen-bond acceptors (Lipinski definition) is 2. The first-order valence-electron chi connectivity index (χ1n) is 6.70. The average molecular weight is 388 g/mol. The van der Waals surface area contributed by atoms with Gasteiger partial charge in [0, 0.05) is 10.0 Å². The van der Waals surface area contributed by atoms with E-state index in [1.165, 1.54) is 0 Å². The van der Waals surface area contributed by atoms with Crippen molar-refractivity contribution in [1.29, 1.82) is 0 Å². The number of alkyl halides is 3. The summed E-state index contributed by atoms with van der Waals surface area (Å²) >= 11 is 3.31. The third kappa shape index (κ3) is 5.28. The second-order valence-electron chi connectivity index (χ2n) is 4.64. The van der Waals surface area contributed by atoms with Gasteiger partial charge in [0.15, 0.2) is 0 Å². The van der Waals surface area contributed by atoms with Crippen LogP contribution in [0.1, 0.15) is 15.9 Å². The van der Waals surface area contributed by atoms with E-state index in [2.05, 4.69) is 21.2 Å². The number of carbonyl (C=O) groups excluding carboxylic acids is 1. The fraction of sp³-hybridized carbons (Fsp3) is 0.188. The molecule has 0 aliphatic rings. The Hall–Kier alpha value is -2.02. The normalized spacial score (nSPS) is 11.1. The van der Waals surface area contributed by atoms with Crippen LogP contribution in [0.5, 0.6) is 5.75 Å². The van der Waals surface area contributed by atoms with Gasteiger partial charge in [-0.25, -0.2) is 0 Å². The van der Waals surface area contributed by atoms with Crippen LogP contribution in [0.25, 0.3) is 0 Å². The van der Waals surface area contributed by atoms with Crippen molar-refractivity contribution < 1.29 is 22.7 Å². The minimum atomic E-state index is -4.41. The van der Waals surface area contributed by atoms with E-state index in [1.807, 2.05) is 12.1 Å². The lowest BCUT2D eigenvalue weighted by atomic mass is 10.1. The first kappa shape index (κ1) is 17.3. The standard InChI is InChI=1S/C16H13BrF3NO2/c17-13-2-1-3-14(10-13)23-9-8-21-15(22)11-4-6-12(7-5-11)16(18,19)20/h1-7,10H,8-9H2,(H,21,22). The van der Waals surface area contributed by atoms with Gasteiger partial charge in [-0.1, -0.05) is 22.0 Å². The minimum absolute atomic E-state index is 0.167. The summed E-state index contributed by atoms with van der Waals surface area (Å²) < 4.78 is 43.6. The molecular formula is C16H13BrF3NO2. The predicted molar refractivity (Wildman–Crippen MR) is 83.4 cm³/mol. The molecule has 0 aliphatic heterocycles. The third-order valence-corrected chi connectivity index (χ3v) is 3.42. The molecule has 0 saturated carbocycles. The molecule has 0 spiro atoms. The second kappa shape index (κ2) is 7.50. The molecule has 1 amide bonds. The fourth-order valence-corrected chi connectivity index (χ4v) is 2.18. The predicted octanol–water partition coefficient (Wildman–Crippen LogP) is 4.28. The lowest BCUT2D eigenvalue weighted by Gasteiger charge is -2.09. The van der Waals surface area contributed by atoms with Gasteiger partial charge in [-0.3, -0.25) is 4.79 Å². The Morgan fingerprint density at radius 3 is 2.43 bits per heavy atom. The first-order chi connectivity index (χ1) is 10.9. The molecule has 0 heterocycles. The topological polar surface area (TPSA) is 38.3 Å². The summed E-state index contributed by atoms with van der Waals surface area (Å²) in [6.07, 6.45) is -4.41. The number of rotatable bonds is 5. The maximum Gasteiger partial charge on any atom is 0.416 e. The maximum atomic E-state index is 12.4. The van der Waals surface area contributed by atoms with Crippen molar-refractivity contribution >= 4 is 21.8 Å². The van der Waals surface area contributed by atoms with E-state index in [0.717, 1.165) is 28.7 Å². The van der Waals surface area contributed by atoms with E-state index in [0.29, 0.717) is 5.75 Å². The molecule has 0 saturated heterocycles. The van der Waals surface area contributed by atoms with Crippen molar-refractivity contribution in [2.75, 3.05) is 13.2 Å². The van der Waals surface area contributed by atoms with Gasteiger partial charge in [0.2, 0.25) is 0 Å². The van der Waals surface area contributed by atoms with Crippen LogP contribution < -0.4 is 10.1 Å². The largest absolute Gasteiger partial charge is 0.492 e. The van der Waals surface area contributed by atoms with Crippen molar-refractivity contribution in [2.24, 2.45) is 0 Å². The van der Waals surface area contributed by atoms with Gasteiger partial charge in [0.1, 0.15) is 12.4 Å². The van der Waals surface area contributed by atoms with Gasteiger partial charge in [-0.2, -0.15) is 13.2 Å². The van der Waals surface area contributed by atoms with E-state index in [1.54, 1.807) is 12.1 Å². The number of nitrogens with one attached hydrogen (secondary N) is 1. The molecule has 2 aromatic carbocycles. The van der Waals surface area contributed by atoms with Crippen LogP contribution in [0.4, 0.5) is 13.2 Å². The highest BCUT2D eigenvalue weighted by Gasteiger charge is 2.30. The van der Waals surface area contributed by atoms with Crippen LogP contribution in [-0.4, -0.2) is 19.1 Å². The molecule has 2 rings (SSSR count). The molecule has 0 bridgehead atoms. The van der Waals surface area contributed by atoms with Crippen LogP contribution in [0.15, 0.2) is 53.0 Å². The first-order valence-corrected chi connectivity index (χ1v) is 7.49. The molecule has 0 aliphatic carbocycles. The molecule has 23 heavy (non-hydrogen) atoms. The van der Waals surface area contributed by atoms with E-state index in [9.17, 15) is 18.0 Å². The maximum absolute atomic E-state index is 12.4. The summed E-state index contributed by atoms with van der Waals surface area (Å²) in [5.74, 6) is 0.208. The smallest absolute Gasteiger partial charge is 0.416 e. The van der Waals surface area contributed by atoms with Crippen molar-refractivity contribution in [1.82, 2.24) is 5.32 Å². The van der Waals surface area contributed by atoms with Gasteiger partial charge in [0.25, 0.3) is 5.91 Å². The molecule has 1 N–H and O–H groups in total. The van der Waals surface area contributed by atoms with Crippen LogP contribution in [-0.2, 0) is 6.18 Å². The second-order valence-corrected chi connectivity index (χ2v) is 5.55. The van der Waals surface area contributed by atoms with Gasteiger partial charge in [-0.05, 0) is 42.5 Å². The van der Waals surface area contributed by atoms with Crippen LogP contribution >= 0.6 is 15.9 Å². The van der Waals surface area contributed by atoms with Crippen LogP contribution in [0.3, 0.4) is 0 Å². The van der Waals surface area contributed by atoms with E-state index in [4.69, 9.17) is 4.74 Å². The van der Waals surface area contributed by atoms with Crippen molar-refractivity contribution in [3.8, 4) is 5.75 Å². The Kier molecular flexibility index (Phi) is 5.65. The lowest BCUT2D eigenvalue weighted by molar-refractivity contribution is -0.137. The molecule has 0 fully saturated rings. The molecule has 3 nitrogen and oxygen atoms in total. The molecule has 0 aromatic heterocycles. The summed E-state index contributed by atoms with van der Waals surface area (Å²) in [7, 11) is 0. The summed E-state index contributed by atoms with van der Waals surface area (Å²) in [6, 6.07) is 11.3. The van der Waals surface area contributed by atoms with Crippen molar-refractivity contribution in [2.45, 2.75) is 6.18 Å². The highest BCUT2D eigenvalue weighted by Crippen LogP contribution is 2.29. The molecule has 0 radical (unpaired) electrons. The molecule has 0 unspecified atom stereocenters. The minimum Gasteiger partial charge on any atom is -0.492 e. The summed E-state index contributed by atoms with van der Waals surface area (Å²) in [4.78, 5) is 11.8. The zero-order valence-corrected chi connectivity index (χ0v) is 13.4. The average Bonchev–Trinajstić information content (AvgIpc) is 2.51. The Morgan fingerprint density at radius 2 is 1.83 bits per heavy atom. The fourth-order valence-electron chi connectivity index (χ4n) is 1.80. The Bertz CT molecular complexity index is 672. The van der Waals surface area contributed by atoms with Gasteiger partial charge >= 0.3 is 6.18 Å². The van der Waals surface area contributed by atoms with E-state index in [-0.39, 0.29) is 18.7 Å². The number of halogens is 4. The summed E-state index contributed by atoms with van der Waals surface area (Å²) in [5, 5.41) is 2.59. The Labute approximate surface area is 139 Å². The zero-order chi connectivity index (χ0) is 16.9. The summed E-state index contributed by atoms with van der Waals surface area (Å²) in [6.45, 7) is 0.495. The molecular weight excluding hydrogens is 375 g/mol.